The summed E-state index contributed by atoms with van der Waals surface area (Å²) in [5, 5.41) is 63.5. The molecule has 0 spiro atoms. The van der Waals surface area contributed by atoms with Crippen LogP contribution in [0.2, 0.25) is 0 Å². The molecule has 2 amide bonds. The van der Waals surface area contributed by atoms with Crippen LogP contribution in [0, 0.1) is 44.9 Å². The number of fused-ring (bicyclic) bond motifs is 2. The van der Waals surface area contributed by atoms with Crippen LogP contribution in [0.5, 0.6) is 0 Å². The zero-order valence-electron chi connectivity index (χ0n) is 48.0. The van der Waals surface area contributed by atoms with Crippen molar-refractivity contribution in [3.63, 3.8) is 0 Å². The molecule has 1 aliphatic rings. The van der Waals surface area contributed by atoms with Gasteiger partial charge in [0.1, 0.15) is 17.3 Å². The van der Waals surface area contributed by atoms with E-state index in [2.05, 4.69) is 41.1 Å². The molecule has 11 rings (SSSR count). The Morgan fingerprint density at radius 3 is 1.59 bits per heavy atom. The number of hydrogen-bond donors (Lipinski definition) is 8. The number of rotatable bonds is 12. The summed E-state index contributed by atoms with van der Waals surface area (Å²) < 4.78 is 42.4. The van der Waals surface area contributed by atoms with E-state index >= 15 is 0 Å². The quantitative estimate of drug-likeness (QED) is 0.0291. The fraction of sp³-hybridized carbons (Fsp3) is 0.220. The molecule has 1 atom stereocenters. The van der Waals surface area contributed by atoms with Crippen molar-refractivity contribution < 1.29 is 109 Å². The molecule has 10 aromatic rings. The van der Waals surface area contributed by atoms with Crippen LogP contribution < -0.4 is 84.1 Å². The molecule has 1 saturated carbocycles. The number of nitrogens with zero attached hydrogens (tertiary/aromatic N) is 9. The molecule has 5 aromatic carbocycles. The predicted molar refractivity (Wildman–Crippen MR) is 308 cm³/mol. The first-order chi connectivity index (χ1) is 40.3. The van der Waals surface area contributed by atoms with E-state index in [1.807, 2.05) is 30.3 Å². The van der Waals surface area contributed by atoms with Gasteiger partial charge in [0.05, 0.1) is 63.2 Å². The van der Waals surface area contributed by atoms with Gasteiger partial charge in [0, 0.05) is 6.92 Å². The van der Waals surface area contributed by atoms with Crippen LogP contribution in [0.25, 0.3) is 43.8 Å². The number of nitrogens with two attached hydrogens (primary N) is 2. The van der Waals surface area contributed by atoms with E-state index in [0.717, 1.165) is 23.7 Å². The summed E-state index contributed by atoms with van der Waals surface area (Å²) in [5.41, 5.74) is 18.8. The number of nitrogen functional groups attached to an aromatic ring is 2. The second-order valence-electron chi connectivity index (χ2n) is 20.3. The number of amides is 2. The summed E-state index contributed by atoms with van der Waals surface area (Å²) in [6, 6.07) is 33.4. The Morgan fingerprint density at radius 2 is 1.14 bits per heavy atom. The Hall–Kier alpha value is -8.98. The average Bonchev–Trinajstić information content (AvgIpc) is 2.27. The van der Waals surface area contributed by atoms with Crippen molar-refractivity contribution in [1.82, 2.24) is 50.5 Å². The molecule has 1 fully saturated rings. The molecule has 0 bridgehead atoms. The molecule has 10 N–H and O–H groups in total. The van der Waals surface area contributed by atoms with Crippen molar-refractivity contribution in [2.24, 2.45) is 5.92 Å². The van der Waals surface area contributed by atoms with Crippen LogP contribution in [0.1, 0.15) is 106 Å². The second kappa shape index (κ2) is 29.2. The first kappa shape index (κ1) is 66.2. The number of carbonyl (C=O) groups excluding carboxylic acids is 2. The molecule has 5 aromatic heterocycles. The summed E-state index contributed by atoms with van der Waals surface area (Å²) in [5.74, 6) is -3.07. The van der Waals surface area contributed by atoms with E-state index in [1.54, 1.807) is 96.1 Å². The Morgan fingerprint density at radius 1 is 0.698 bits per heavy atom. The van der Waals surface area contributed by atoms with Crippen LogP contribution >= 0.6 is 0 Å². The van der Waals surface area contributed by atoms with Crippen molar-refractivity contribution in [2.75, 3.05) is 23.3 Å². The molecular formula is C59H59F2KN14O10. The maximum atomic E-state index is 15.0. The van der Waals surface area contributed by atoms with E-state index in [1.165, 1.54) is 69.6 Å². The first-order valence-corrected chi connectivity index (χ1v) is 26.0. The SMILES string of the molecule is CC(=O)NO.CC(C)(C)[O-].Cc1cc(C(=O)Nc2cc(C(NCC3CC3)c3ccccc3)ccc2F)n(-c2ccc3onc(N)c3c2)n1.Cc1cc(C(=O)O)n(-c2ccc3onc(N)c3c2)n1.[C-]#[N+]c1cc(-n2nc(C)cc2C(=O)O)ccc1F.[K+]. The molecule has 86 heavy (non-hydrogen) atoms. The number of carbonyl (C=O) groups is 4. The molecule has 27 heteroatoms. The van der Waals surface area contributed by atoms with Gasteiger partial charge in [-0.15, -0.1) is 5.60 Å². The minimum absolute atomic E-state index is 0. The molecule has 0 saturated heterocycles. The molecule has 0 radical (unpaired) electrons. The van der Waals surface area contributed by atoms with Crippen molar-refractivity contribution >= 4 is 68.7 Å². The van der Waals surface area contributed by atoms with Gasteiger partial charge in [-0.3, -0.25) is 14.8 Å². The fourth-order valence-electron chi connectivity index (χ4n) is 8.11. The fourth-order valence-corrected chi connectivity index (χ4v) is 8.11. The number of hydroxylamine groups is 1. The van der Waals surface area contributed by atoms with Gasteiger partial charge in [-0.1, -0.05) is 67.5 Å². The number of aromatic nitrogens is 8. The summed E-state index contributed by atoms with van der Waals surface area (Å²) in [4.78, 5) is 48.1. The number of halogens is 2. The molecule has 1 aliphatic carbocycles. The van der Waals surface area contributed by atoms with Crippen LogP contribution in [0.3, 0.4) is 0 Å². The zero-order valence-corrected chi connectivity index (χ0v) is 51.1. The molecular weight excluding hydrogens is 1140 g/mol. The minimum atomic E-state index is -1.13. The van der Waals surface area contributed by atoms with E-state index in [4.69, 9.17) is 42.5 Å². The summed E-state index contributed by atoms with van der Waals surface area (Å²) >= 11 is 0. The predicted octanol–water partition coefficient (Wildman–Crippen LogP) is 6.22. The monoisotopic (exact) mass is 1200 g/mol. The topological polar surface area (TPSA) is 350 Å². The molecule has 5 heterocycles. The van der Waals surface area contributed by atoms with Crippen molar-refractivity contribution in [1.29, 1.82) is 0 Å². The third-order valence-corrected chi connectivity index (χ3v) is 12.1. The van der Waals surface area contributed by atoms with E-state index in [-0.39, 0.29) is 97.5 Å². The largest absolute Gasteiger partial charge is 1.00 e. The molecule has 24 nitrogen and oxygen atoms in total. The summed E-state index contributed by atoms with van der Waals surface area (Å²) in [6.07, 6.45) is 2.45. The van der Waals surface area contributed by atoms with Crippen LogP contribution in [0.15, 0.2) is 130 Å². The van der Waals surface area contributed by atoms with Gasteiger partial charge in [0.2, 0.25) is 11.6 Å². The van der Waals surface area contributed by atoms with Gasteiger partial charge < -0.3 is 46.5 Å². The number of aryl methyl sites for hydroxylation is 3. The van der Waals surface area contributed by atoms with Crippen molar-refractivity contribution in [2.45, 2.75) is 73.0 Å². The molecule has 1 unspecified atom stereocenters. The maximum Gasteiger partial charge on any atom is 1.00 e. The number of carboxylic acid groups (broad SMARTS) is 2. The number of anilines is 3. The third kappa shape index (κ3) is 17.6. The number of hydrogen-bond acceptors (Lipinski definition) is 16. The normalized spacial score (nSPS) is 11.8. The van der Waals surface area contributed by atoms with E-state index in [0.29, 0.717) is 62.0 Å². The summed E-state index contributed by atoms with van der Waals surface area (Å²) in [6.45, 7) is 19.0. The third-order valence-electron chi connectivity index (χ3n) is 12.1. The maximum absolute atomic E-state index is 15.0. The van der Waals surface area contributed by atoms with Crippen molar-refractivity contribution in [3.8, 4) is 17.1 Å². The molecule has 440 valence electrons. The number of nitrogens with one attached hydrogen (secondary N) is 3. The second-order valence-corrected chi connectivity index (χ2v) is 20.3. The molecule has 0 aliphatic heterocycles. The zero-order chi connectivity index (χ0) is 61.9. The van der Waals surface area contributed by atoms with Crippen LogP contribution in [0.4, 0.5) is 31.8 Å². The van der Waals surface area contributed by atoms with Gasteiger partial charge >= 0.3 is 63.3 Å². The van der Waals surface area contributed by atoms with Gasteiger partial charge in [-0.05, 0) is 142 Å². The van der Waals surface area contributed by atoms with Crippen LogP contribution in [-0.4, -0.2) is 91.0 Å². The summed E-state index contributed by atoms with van der Waals surface area (Å²) in [7, 11) is 0. The van der Waals surface area contributed by atoms with Crippen LogP contribution in [-0.2, 0) is 4.79 Å². The Labute approximate surface area is 532 Å². The number of benzene rings is 5. The Kier molecular flexibility index (Phi) is 22.5. The Balaban J connectivity index is 0.000000206. The van der Waals surface area contributed by atoms with Gasteiger partial charge in [-0.25, -0.2) is 42.7 Å². The average molecular weight is 1200 g/mol. The smallest absolute Gasteiger partial charge is 0.850 e. The first-order valence-electron chi connectivity index (χ1n) is 26.0. The standard InChI is InChI=1S/C29H27FN6O2.C12H8FN3O2.C12H10N4O3.C4H9O.C2H5NO2.K/c1-17-13-25(36(34-17)21-10-12-26-22(15-21)28(31)35-38-26)29(37)33-24-14-20(9-11-23(24)30)27(32-16-18-7-8-18)19-5-3-2-4-6-19;1-7-5-11(12(17)18)16(15-7)8-3-4-9(13)10(6-8)14-2;1-6-4-9(12(17)18)16(14-6)7-2-3-10-8(5-7)11(13)15-19-10;1-4(2,3)5;1-2(4)3-5;/h2-6,9-15,18,27,32H,7-8,16H2,1H3,(H2,31,35)(H,33,37);3-6H,1H3,(H,17,18);2-5H,1H3,(H2,13,15)(H,17,18);1-3H3;5H,1H3,(H,3,4);/q;;;-1;;+1. The van der Waals surface area contributed by atoms with Gasteiger partial charge in [0.25, 0.3) is 5.91 Å². The number of carboxylic acids is 2. The van der Waals surface area contributed by atoms with E-state index in [9.17, 15) is 33.1 Å². The Bertz CT molecular complexity index is 4080. The minimum Gasteiger partial charge on any atom is -0.850 e. The van der Waals surface area contributed by atoms with E-state index < -0.39 is 41.0 Å². The van der Waals surface area contributed by atoms with Gasteiger partial charge in [0.15, 0.2) is 34.2 Å². The number of aromatic carboxylic acids is 2. The van der Waals surface area contributed by atoms with Crippen molar-refractivity contribution in [3.05, 3.63) is 190 Å². The van der Waals surface area contributed by atoms with Gasteiger partial charge in [-0.2, -0.15) is 15.3 Å².